The molecule has 0 N–H and O–H groups in total. The highest BCUT2D eigenvalue weighted by atomic mass is 32.1. The average molecular weight is 1080 g/mol. The SMILES string of the molecule is Cc1c(-[n+]2c(C)ccc3nc(-c4ccc(CC(C)(C)C(F)(F)F)cc4)oc32)cc(C(C)(C)C)c2cc(-c3cc4nc(-c5ccc(CC(C)(C)C(F)(F)F)cc5)sc4[n+](-c4cc(C(C)(C)C)c5ccccc5c4C)c3C)ccc12. The lowest BCUT2D eigenvalue weighted by Gasteiger charge is -2.27. The minimum absolute atomic E-state index is 0.130. The first-order valence-electron chi connectivity index (χ1n) is 26.5. The summed E-state index contributed by atoms with van der Waals surface area (Å²) in [4.78, 5) is 11.2. The Hall–Kier alpha value is -6.92. The molecule has 78 heavy (non-hydrogen) atoms. The maximum Gasteiger partial charge on any atom is 0.407 e. The molecule has 0 aliphatic carbocycles. The molecule has 0 amide bonds. The molecular formula is C66H66F6N4OS+2. The fraction of sp³-hybridized carbons (Fsp3) is 0.333. The Kier molecular flexibility index (Phi) is 13.2. The van der Waals surface area contributed by atoms with Gasteiger partial charge in [0.05, 0.1) is 16.4 Å². The van der Waals surface area contributed by atoms with E-state index in [1.807, 2.05) is 31.2 Å². The first-order valence-corrected chi connectivity index (χ1v) is 27.3. The third-order valence-electron chi connectivity index (χ3n) is 15.8. The zero-order chi connectivity index (χ0) is 56.4. The van der Waals surface area contributed by atoms with Gasteiger partial charge in [0.2, 0.25) is 17.3 Å². The summed E-state index contributed by atoms with van der Waals surface area (Å²) < 4.78 is 94.1. The van der Waals surface area contributed by atoms with Crippen LogP contribution in [-0.4, -0.2) is 22.3 Å². The molecule has 0 saturated heterocycles. The van der Waals surface area contributed by atoms with Gasteiger partial charge in [-0.3, -0.25) is 0 Å². The van der Waals surface area contributed by atoms with E-state index in [0.29, 0.717) is 33.8 Å². The van der Waals surface area contributed by atoms with Crippen molar-refractivity contribution >= 4 is 54.5 Å². The monoisotopic (exact) mass is 1080 g/mol. The lowest BCUT2D eigenvalue weighted by atomic mass is 9.81. The number of pyridine rings is 2. The minimum atomic E-state index is -4.33. The normalized spacial score (nSPS) is 13.2. The number of aryl methyl sites for hydroxylation is 3. The molecule has 0 saturated carbocycles. The Morgan fingerprint density at radius 2 is 0.987 bits per heavy atom. The predicted molar refractivity (Wildman–Crippen MR) is 305 cm³/mol. The number of halogens is 6. The van der Waals surface area contributed by atoms with Crippen LogP contribution < -0.4 is 9.13 Å². The second-order valence-corrected chi connectivity index (χ2v) is 25.6. The minimum Gasteiger partial charge on any atom is -0.383 e. The molecule has 0 unspecified atom stereocenters. The smallest absolute Gasteiger partial charge is 0.383 e. The maximum absolute atomic E-state index is 13.9. The summed E-state index contributed by atoms with van der Waals surface area (Å²) in [5.74, 6) is 0.373. The lowest BCUT2D eigenvalue weighted by molar-refractivity contribution is -0.582. The average Bonchev–Trinajstić information content (AvgIpc) is 4.11. The molecule has 0 fully saturated rings. The molecule has 6 aromatic carbocycles. The standard InChI is InChI=1S/C66H66F6N4OS/c1-37-19-30-53-59(77-57(73-53)43-24-20-41(21-25-43)35-63(11,12)65(67,68)69)75(37)55-34-52(62(8,9)10)50-31-45(28-29-47(50)39(55)3)49-32-54-60(78-58(74-54)44-26-22-42(23-27-44)36-64(13,14)66(70,71)72)76(40(49)4)56-33-51(61(5,6)7)48-18-16-15-17-46(48)38(56)2/h15-34H,35-36H2,1-14H3/q+2. The van der Waals surface area contributed by atoms with Crippen LogP contribution in [0.15, 0.2) is 126 Å². The van der Waals surface area contributed by atoms with Crippen LogP contribution in [0.25, 0.3) is 87.6 Å². The molecule has 0 bridgehead atoms. The summed E-state index contributed by atoms with van der Waals surface area (Å²) in [6, 6.07) is 40.3. The van der Waals surface area contributed by atoms with Crippen molar-refractivity contribution in [2.24, 2.45) is 10.8 Å². The number of hydrogen-bond acceptors (Lipinski definition) is 4. The molecule has 10 rings (SSSR count). The summed E-state index contributed by atoms with van der Waals surface area (Å²) in [5, 5.41) is 5.34. The van der Waals surface area contributed by atoms with Gasteiger partial charge in [-0.05, 0) is 129 Å². The van der Waals surface area contributed by atoms with Gasteiger partial charge in [-0.1, -0.05) is 142 Å². The topological polar surface area (TPSA) is 46.7 Å². The Morgan fingerprint density at radius 1 is 0.487 bits per heavy atom. The summed E-state index contributed by atoms with van der Waals surface area (Å²) in [6.07, 6.45) is -8.95. The van der Waals surface area contributed by atoms with E-state index >= 15 is 0 Å². The zero-order valence-corrected chi connectivity index (χ0v) is 47.7. The molecule has 4 aromatic heterocycles. The van der Waals surface area contributed by atoms with E-state index in [1.165, 1.54) is 44.0 Å². The summed E-state index contributed by atoms with van der Waals surface area (Å²) in [7, 11) is 0. The van der Waals surface area contributed by atoms with E-state index < -0.39 is 23.2 Å². The summed E-state index contributed by atoms with van der Waals surface area (Å²) in [5.41, 5.74) is 11.0. The highest BCUT2D eigenvalue weighted by Crippen LogP contribution is 2.44. The van der Waals surface area contributed by atoms with E-state index in [2.05, 4.69) is 132 Å². The van der Waals surface area contributed by atoms with E-state index in [0.717, 1.165) is 82.3 Å². The highest BCUT2D eigenvalue weighted by Gasteiger charge is 2.48. The highest BCUT2D eigenvalue weighted by molar-refractivity contribution is 7.20. The number of hydrogen-bond donors (Lipinski definition) is 0. The molecule has 12 heteroatoms. The second kappa shape index (κ2) is 18.9. The Morgan fingerprint density at radius 3 is 1.54 bits per heavy atom. The molecule has 0 spiro atoms. The van der Waals surface area contributed by atoms with E-state index in [4.69, 9.17) is 14.4 Å². The van der Waals surface area contributed by atoms with E-state index in [-0.39, 0.29) is 23.7 Å². The van der Waals surface area contributed by atoms with Gasteiger partial charge in [-0.15, -0.1) is 9.13 Å². The van der Waals surface area contributed by atoms with Crippen LogP contribution in [0, 0.1) is 38.5 Å². The molecule has 402 valence electrons. The number of aromatic nitrogens is 4. The number of fused-ring (bicyclic) bond motifs is 4. The third kappa shape index (κ3) is 9.66. The van der Waals surface area contributed by atoms with Gasteiger partial charge < -0.3 is 4.42 Å². The first kappa shape index (κ1) is 54.4. The first-order chi connectivity index (χ1) is 36.3. The van der Waals surface area contributed by atoms with Crippen LogP contribution in [0.2, 0.25) is 0 Å². The Bertz CT molecular complexity index is 4000. The van der Waals surface area contributed by atoms with Crippen molar-refractivity contribution < 1.29 is 39.9 Å². The van der Waals surface area contributed by atoms with Crippen molar-refractivity contribution in [3.63, 3.8) is 0 Å². The van der Waals surface area contributed by atoms with E-state index in [1.54, 1.807) is 47.7 Å². The second-order valence-electron chi connectivity index (χ2n) is 24.7. The summed E-state index contributed by atoms with van der Waals surface area (Å²) in [6.45, 7) is 26.8. The van der Waals surface area contributed by atoms with Crippen molar-refractivity contribution in [1.82, 2.24) is 9.97 Å². The van der Waals surface area contributed by atoms with Gasteiger partial charge in [0, 0.05) is 54.3 Å². The van der Waals surface area contributed by atoms with Crippen LogP contribution in [-0.2, 0) is 23.7 Å². The fourth-order valence-corrected chi connectivity index (χ4v) is 12.0. The zero-order valence-electron chi connectivity index (χ0n) is 46.8. The van der Waals surface area contributed by atoms with Gasteiger partial charge in [-0.25, -0.2) is 9.97 Å². The molecule has 4 heterocycles. The van der Waals surface area contributed by atoms with Gasteiger partial charge >= 0.3 is 18.1 Å². The maximum atomic E-state index is 13.9. The van der Waals surface area contributed by atoms with Crippen molar-refractivity contribution in [2.75, 3.05) is 0 Å². The number of alkyl halides is 6. The lowest BCUT2D eigenvalue weighted by Crippen LogP contribution is -2.37. The molecule has 0 radical (unpaired) electrons. The van der Waals surface area contributed by atoms with Gasteiger partial charge in [0.25, 0.3) is 4.83 Å². The molecule has 0 atom stereocenters. The molecular weight excluding hydrogens is 1010 g/mol. The molecule has 5 nitrogen and oxygen atoms in total. The van der Waals surface area contributed by atoms with Gasteiger partial charge in [0.1, 0.15) is 10.5 Å². The van der Waals surface area contributed by atoms with Crippen molar-refractivity contribution in [3.05, 3.63) is 166 Å². The van der Waals surface area contributed by atoms with Crippen LogP contribution in [0.5, 0.6) is 0 Å². The van der Waals surface area contributed by atoms with Crippen molar-refractivity contribution in [3.8, 4) is 44.5 Å². The molecule has 10 aromatic rings. The van der Waals surface area contributed by atoms with Crippen LogP contribution in [0.1, 0.15) is 114 Å². The number of oxazole rings is 1. The van der Waals surface area contributed by atoms with Crippen LogP contribution in [0.3, 0.4) is 0 Å². The summed E-state index contributed by atoms with van der Waals surface area (Å²) >= 11 is 1.58. The number of thiazole rings is 1. The van der Waals surface area contributed by atoms with Crippen molar-refractivity contribution in [1.29, 1.82) is 0 Å². The molecule has 0 aliphatic rings. The largest absolute Gasteiger partial charge is 0.407 e. The predicted octanol–water partition coefficient (Wildman–Crippen LogP) is 18.4. The van der Waals surface area contributed by atoms with Gasteiger partial charge in [-0.2, -0.15) is 26.3 Å². The van der Waals surface area contributed by atoms with E-state index in [9.17, 15) is 26.3 Å². The number of rotatable bonds is 9. The number of nitrogens with zero attached hydrogens (tertiary/aromatic N) is 4. The fourth-order valence-electron chi connectivity index (χ4n) is 10.9. The quantitative estimate of drug-likeness (QED) is 0.107. The Labute approximate surface area is 456 Å². The van der Waals surface area contributed by atoms with Crippen LogP contribution in [0.4, 0.5) is 26.3 Å². The third-order valence-corrected chi connectivity index (χ3v) is 16.9. The van der Waals surface area contributed by atoms with Crippen LogP contribution >= 0.6 is 11.3 Å². The van der Waals surface area contributed by atoms with Crippen molar-refractivity contribution in [2.45, 2.75) is 133 Å². The number of benzene rings is 6. The molecule has 0 aliphatic heterocycles. The van der Waals surface area contributed by atoms with Gasteiger partial charge in [0.15, 0.2) is 16.9 Å². The Balaban J connectivity index is 1.13.